The lowest BCUT2D eigenvalue weighted by molar-refractivity contribution is 0.0755. The molecule has 7 heteroatoms. The summed E-state index contributed by atoms with van der Waals surface area (Å²) in [6.45, 7) is 7.83. The first-order valence-corrected chi connectivity index (χ1v) is 10.4. The van der Waals surface area contributed by atoms with E-state index in [1.807, 2.05) is 20.9 Å². The van der Waals surface area contributed by atoms with Gasteiger partial charge in [-0.1, -0.05) is 19.9 Å². The molecular formula is C18H29N3O3S. The van der Waals surface area contributed by atoms with E-state index in [0.29, 0.717) is 31.7 Å². The fourth-order valence-electron chi connectivity index (χ4n) is 3.00. The van der Waals surface area contributed by atoms with Crippen molar-refractivity contribution < 1.29 is 13.2 Å². The molecule has 0 N–H and O–H groups in total. The van der Waals surface area contributed by atoms with E-state index in [2.05, 4.69) is 4.90 Å². The number of likely N-dealkylation sites (N-methyl/N-ethyl adjacent to an activating group) is 1. The Morgan fingerprint density at radius 1 is 1.08 bits per heavy atom. The largest absolute Gasteiger partial charge is 0.339 e. The lowest BCUT2D eigenvalue weighted by atomic mass is 10.2. The molecule has 0 saturated carbocycles. The van der Waals surface area contributed by atoms with Crippen molar-refractivity contribution in [2.24, 2.45) is 0 Å². The Morgan fingerprint density at radius 3 is 2.24 bits per heavy atom. The fraction of sp³-hybridized carbons (Fsp3) is 0.611. The van der Waals surface area contributed by atoms with E-state index < -0.39 is 10.0 Å². The smallest absolute Gasteiger partial charge is 0.253 e. The summed E-state index contributed by atoms with van der Waals surface area (Å²) >= 11 is 0. The molecular weight excluding hydrogens is 338 g/mol. The molecule has 1 aromatic carbocycles. The Labute approximate surface area is 151 Å². The third-order valence-corrected chi connectivity index (χ3v) is 6.35. The van der Waals surface area contributed by atoms with E-state index >= 15 is 0 Å². The maximum Gasteiger partial charge on any atom is 0.253 e. The van der Waals surface area contributed by atoms with Gasteiger partial charge in [0.25, 0.3) is 5.91 Å². The van der Waals surface area contributed by atoms with Crippen molar-refractivity contribution in [3.8, 4) is 0 Å². The average Bonchev–Trinajstić information content (AvgIpc) is 2.61. The van der Waals surface area contributed by atoms with Crippen LogP contribution >= 0.6 is 0 Å². The Kier molecular flexibility index (Phi) is 6.98. The van der Waals surface area contributed by atoms with Crippen LogP contribution in [-0.2, 0) is 10.0 Å². The van der Waals surface area contributed by atoms with Gasteiger partial charge in [0.05, 0.1) is 4.90 Å². The number of rotatable bonds is 7. The first-order chi connectivity index (χ1) is 11.9. The second-order valence-electron chi connectivity index (χ2n) is 6.53. The zero-order valence-corrected chi connectivity index (χ0v) is 16.3. The van der Waals surface area contributed by atoms with Gasteiger partial charge in [-0.3, -0.25) is 4.79 Å². The van der Waals surface area contributed by atoms with E-state index in [1.54, 1.807) is 23.1 Å². The highest BCUT2D eigenvalue weighted by Crippen LogP contribution is 2.19. The molecule has 1 heterocycles. The van der Waals surface area contributed by atoms with Crippen LogP contribution in [0, 0.1) is 0 Å². The van der Waals surface area contributed by atoms with Gasteiger partial charge in [-0.15, -0.1) is 0 Å². The monoisotopic (exact) mass is 367 g/mol. The predicted molar refractivity (Wildman–Crippen MR) is 99.2 cm³/mol. The predicted octanol–water partition coefficient (Wildman–Crippen LogP) is 1.88. The summed E-state index contributed by atoms with van der Waals surface area (Å²) in [4.78, 5) is 16.8. The molecule has 140 valence electrons. The van der Waals surface area contributed by atoms with Crippen LogP contribution < -0.4 is 0 Å². The average molecular weight is 368 g/mol. The Balaban J connectivity index is 2.24. The number of nitrogens with zero attached hydrogens (tertiary/aromatic N) is 3. The summed E-state index contributed by atoms with van der Waals surface area (Å²) in [5.41, 5.74) is 0.442. The van der Waals surface area contributed by atoms with Crippen LogP contribution in [0.15, 0.2) is 29.2 Å². The van der Waals surface area contributed by atoms with Crippen molar-refractivity contribution in [3.05, 3.63) is 29.8 Å². The minimum atomic E-state index is -3.56. The van der Waals surface area contributed by atoms with Crippen LogP contribution in [0.25, 0.3) is 0 Å². The first kappa shape index (κ1) is 19.9. The van der Waals surface area contributed by atoms with Gasteiger partial charge in [0.2, 0.25) is 10.0 Å². The summed E-state index contributed by atoms with van der Waals surface area (Å²) < 4.78 is 27.3. The summed E-state index contributed by atoms with van der Waals surface area (Å²) in [5.74, 6) is -0.0980. The van der Waals surface area contributed by atoms with Crippen molar-refractivity contribution in [2.45, 2.75) is 31.6 Å². The SMILES string of the molecule is CCCN(CCC)C(=O)c1cccc(S(=O)(=O)N2CCN(C)CC2)c1. The summed E-state index contributed by atoms with van der Waals surface area (Å²) in [7, 11) is -1.57. The van der Waals surface area contributed by atoms with Gasteiger partial charge in [0.15, 0.2) is 0 Å². The summed E-state index contributed by atoms with van der Waals surface area (Å²) in [5, 5.41) is 0. The number of hydrogen-bond acceptors (Lipinski definition) is 4. The number of carbonyl (C=O) groups is 1. The number of hydrogen-bond donors (Lipinski definition) is 0. The van der Waals surface area contributed by atoms with Gasteiger partial charge in [0, 0.05) is 44.8 Å². The zero-order valence-electron chi connectivity index (χ0n) is 15.4. The van der Waals surface area contributed by atoms with Gasteiger partial charge < -0.3 is 9.80 Å². The molecule has 0 aromatic heterocycles. The lowest BCUT2D eigenvalue weighted by Crippen LogP contribution is -2.47. The highest BCUT2D eigenvalue weighted by molar-refractivity contribution is 7.89. The molecule has 1 fully saturated rings. The van der Waals surface area contributed by atoms with Crippen LogP contribution in [0.5, 0.6) is 0 Å². The molecule has 25 heavy (non-hydrogen) atoms. The van der Waals surface area contributed by atoms with E-state index in [1.165, 1.54) is 10.4 Å². The van der Waals surface area contributed by atoms with Gasteiger partial charge in [-0.2, -0.15) is 4.31 Å². The molecule has 1 aliphatic rings. The van der Waals surface area contributed by atoms with Crippen LogP contribution in [-0.4, -0.2) is 74.7 Å². The Bertz CT molecular complexity index is 677. The second-order valence-corrected chi connectivity index (χ2v) is 8.47. The topological polar surface area (TPSA) is 60.9 Å². The summed E-state index contributed by atoms with van der Waals surface area (Å²) in [6.07, 6.45) is 1.76. The molecule has 0 aliphatic carbocycles. The maximum absolute atomic E-state index is 12.9. The summed E-state index contributed by atoms with van der Waals surface area (Å²) in [6, 6.07) is 6.46. The molecule has 0 radical (unpaired) electrons. The van der Waals surface area contributed by atoms with E-state index in [9.17, 15) is 13.2 Å². The minimum absolute atomic E-state index is 0.0980. The highest BCUT2D eigenvalue weighted by Gasteiger charge is 2.28. The third kappa shape index (κ3) is 4.80. The van der Waals surface area contributed by atoms with Gasteiger partial charge in [-0.05, 0) is 38.1 Å². The maximum atomic E-state index is 12.9. The molecule has 1 aromatic rings. The van der Waals surface area contributed by atoms with E-state index in [0.717, 1.165) is 25.9 Å². The molecule has 2 rings (SSSR count). The fourth-order valence-corrected chi connectivity index (χ4v) is 4.47. The highest BCUT2D eigenvalue weighted by atomic mass is 32.2. The quantitative estimate of drug-likeness (QED) is 0.738. The van der Waals surface area contributed by atoms with Crippen LogP contribution in [0.1, 0.15) is 37.0 Å². The van der Waals surface area contributed by atoms with Gasteiger partial charge in [0.1, 0.15) is 0 Å². The van der Waals surface area contributed by atoms with Crippen molar-refractivity contribution in [2.75, 3.05) is 46.3 Å². The van der Waals surface area contributed by atoms with Crippen LogP contribution in [0.3, 0.4) is 0 Å². The zero-order chi connectivity index (χ0) is 18.4. The number of benzene rings is 1. The number of piperazine rings is 1. The molecule has 0 spiro atoms. The lowest BCUT2D eigenvalue weighted by Gasteiger charge is -2.31. The van der Waals surface area contributed by atoms with E-state index in [4.69, 9.17) is 0 Å². The normalized spacial score (nSPS) is 16.8. The van der Waals surface area contributed by atoms with Crippen molar-refractivity contribution >= 4 is 15.9 Å². The minimum Gasteiger partial charge on any atom is -0.339 e. The molecule has 6 nitrogen and oxygen atoms in total. The third-order valence-electron chi connectivity index (χ3n) is 4.46. The Hall–Kier alpha value is -1.44. The standard InChI is InChI=1S/C18H29N3O3S/c1-4-9-20(10-5-2)18(22)16-7-6-8-17(15-16)25(23,24)21-13-11-19(3)12-14-21/h6-8,15H,4-5,9-14H2,1-3H3. The van der Waals surface area contributed by atoms with Gasteiger partial charge >= 0.3 is 0 Å². The molecule has 1 saturated heterocycles. The van der Waals surface area contributed by atoms with Crippen molar-refractivity contribution in [1.29, 1.82) is 0 Å². The Morgan fingerprint density at radius 2 is 1.68 bits per heavy atom. The second kappa shape index (κ2) is 8.78. The number of carbonyl (C=O) groups excluding carboxylic acids is 1. The number of sulfonamides is 1. The van der Waals surface area contributed by atoms with Crippen LogP contribution in [0.2, 0.25) is 0 Å². The molecule has 0 bridgehead atoms. The van der Waals surface area contributed by atoms with Crippen molar-refractivity contribution in [1.82, 2.24) is 14.1 Å². The van der Waals surface area contributed by atoms with Crippen molar-refractivity contribution in [3.63, 3.8) is 0 Å². The molecule has 1 aliphatic heterocycles. The van der Waals surface area contributed by atoms with Crippen LogP contribution in [0.4, 0.5) is 0 Å². The molecule has 0 atom stereocenters. The molecule has 0 unspecified atom stereocenters. The molecule has 1 amide bonds. The number of amides is 1. The van der Waals surface area contributed by atoms with E-state index in [-0.39, 0.29) is 10.8 Å². The first-order valence-electron chi connectivity index (χ1n) is 8.98. The van der Waals surface area contributed by atoms with Gasteiger partial charge in [-0.25, -0.2) is 8.42 Å².